The van der Waals surface area contributed by atoms with E-state index in [4.69, 9.17) is 0 Å². The number of hydrogen-bond acceptors (Lipinski definition) is 3. The zero-order valence-electron chi connectivity index (χ0n) is 9.20. The van der Waals surface area contributed by atoms with E-state index in [9.17, 15) is 0 Å². The Kier molecular flexibility index (Phi) is 4.40. The molecule has 3 heteroatoms. The van der Waals surface area contributed by atoms with Crippen molar-refractivity contribution in [2.24, 2.45) is 0 Å². The fourth-order valence-corrected chi connectivity index (χ4v) is 1.10. The van der Waals surface area contributed by atoms with Gasteiger partial charge in [-0.05, 0) is 33.0 Å². The van der Waals surface area contributed by atoms with E-state index in [1.165, 1.54) is 0 Å². The minimum atomic E-state index is 0.606. The van der Waals surface area contributed by atoms with E-state index >= 15 is 0 Å². The smallest absolute Gasteiger partial charge is 0.0371 e. The molecule has 0 radical (unpaired) electrons. The molecule has 14 heavy (non-hydrogen) atoms. The van der Waals surface area contributed by atoms with Gasteiger partial charge in [-0.15, -0.1) is 0 Å². The molecule has 0 amide bonds. The van der Waals surface area contributed by atoms with Crippen molar-refractivity contribution in [3.05, 3.63) is 24.5 Å². The minimum Gasteiger partial charge on any atom is -0.384 e. The summed E-state index contributed by atoms with van der Waals surface area (Å²) < 4.78 is 0. The first kappa shape index (κ1) is 11.0. The summed E-state index contributed by atoms with van der Waals surface area (Å²) >= 11 is 0. The molecule has 0 aromatic carbocycles. The number of rotatable bonds is 5. The molecule has 0 atom stereocenters. The summed E-state index contributed by atoms with van der Waals surface area (Å²) in [6.07, 6.45) is 3.60. The summed E-state index contributed by atoms with van der Waals surface area (Å²) in [6.45, 7) is 6.43. The highest BCUT2D eigenvalue weighted by Gasteiger charge is 2.01. The van der Waals surface area contributed by atoms with Crippen molar-refractivity contribution in [2.75, 3.05) is 25.5 Å². The second kappa shape index (κ2) is 5.60. The third kappa shape index (κ3) is 3.75. The first-order valence-corrected chi connectivity index (χ1v) is 5.04. The number of anilines is 1. The Bertz CT molecular complexity index is 246. The van der Waals surface area contributed by atoms with Crippen LogP contribution in [0.4, 0.5) is 5.69 Å². The molecule has 0 bridgehead atoms. The molecule has 1 N–H and O–H groups in total. The third-order valence-electron chi connectivity index (χ3n) is 2.36. The predicted octanol–water partition coefficient (Wildman–Crippen LogP) is 1.83. The second-order valence-electron chi connectivity index (χ2n) is 3.74. The number of aromatic nitrogens is 1. The van der Waals surface area contributed by atoms with Crippen LogP contribution in [-0.4, -0.2) is 36.1 Å². The van der Waals surface area contributed by atoms with Gasteiger partial charge in [0.25, 0.3) is 0 Å². The average molecular weight is 193 g/mol. The molecule has 0 saturated heterocycles. The molecule has 1 aromatic heterocycles. The van der Waals surface area contributed by atoms with E-state index in [1.54, 1.807) is 12.4 Å². The van der Waals surface area contributed by atoms with Crippen molar-refractivity contribution < 1.29 is 0 Å². The van der Waals surface area contributed by atoms with Crippen LogP contribution in [0.2, 0.25) is 0 Å². The molecular formula is C11H19N3. The van der Waals surface area contributed by atoms with Crippen LogP contribution in [-0.2, 0) is 0 Å². The summed E-state index contributed by atoms with van der Waals surface area (Å²) in [4.78, 5) is 6.28. The van der Waals surface area contributed by atoms with Crippen LogP contribution in [0.15, 0.2) is 24.5 Å². The van der Waals surface area contributed by atoms with E-state index in [-0.39, 0.29) is 0 Å². The summed E-state index contributed by atoms with van der Waals surface area (Å²) in [5.74, 6) is 0. The van der Waals surface area contributed by atoms with Gasteiger partial charge < -0.3 is 10.2 Å². The third-order valence-corrected chi connectivity index (χ3v) is 2.36. The van der Waals surface area contributed by atoms with E-state index < -0.39 is 0 Å². The predicted molar refractivity (Wildman–Crippen MR) is 60.5 cm³/mol. The molecule has 0 spiro atoms. The normalized spacial score (nSPS) is 10.9. The monoisotopic (exact) mass is 193 g/mol. The Labute approximate surface area is 86.2 Å². The number of hydrogen-bond donors (Lipinski definition) is 1. The van der Waals surface area contributed by atoms with Crippen molar-refractivity contribution in [3.8, 4) is 0 Å². The highest BCUT2D eigenvalue weighted by molar-refractivity contribution is 5.40. The van der Waals surface area contributed by atoms with Crippen LogP contribution in [0.25, 0.3) is 0 Å². The Morgan fingerprint density at radius 3 is 2.57 bits per heavy atom. The van der Waals surface area contributed by atoms with E-state index in [2.05, 4.69) is 36.1 Å². The van der Waals surface area contributed by atoms with Crippen LogP contribution in [0, 0.1) is 0 Å². The molecule has 0 aliphatic rings. The lowest BCUT2D eigenvalue weighted by Crippen LogP contribution is -2.31. The Balaban J connectivity index is 2.22. The molecule has 3 nitrogen and oxygen atoms in total. The molecule has 1 heterocycles. The molecule has 1 rings (SSSR count). The lowest BCUT2D eigenvalue weighted by molar-refractivity contribution is 0.284. The Morgan fingerprint density at radius 1 is 1.36 bits per heavy atom. The summed E-state index contributed by atoms with van der Waals surface area (Å²) in [5.41, 5.74) is 1.14. The van der Waals surface area contributed by atoms with Crippen LogP contribution in [0.3, 0.4) is 0 Å². The fraction of sp³-hybridized carbons (Fsp3) is 0.545. The van der Waals surface area contributed by atoms with Gasteiger partial charge in [0.05, 0.1) is 0 Å². The zero-order valence-corrected chi connectivity index (χ0v) is 9.20. The molecular weight excluding hydrogens is 174 g/mol. The minimum absolute atomic E-state index is 0.606. The number of pyridine rings is 1. The van der Waals surface area contributed by atoms with Crippen molar-refractivity contribution in [3.63, 3.8) is 0 Å². The van der Waals surface area contributed by atoms with Gasteiger partial charge in [-0.3, -0.25) is 4.98 Å². The maximum Gasteiger partial charge on any atom is 0.0371 e. The Hall–Kier alpha value is -1.09. The molecule has 0 aliphatic carbocycles. The summed E-state index contributed by atoms with van der Waals surface area (Å²) in [7, 11) is 2.14. The standard InChI is InChI=1S/C11H19N3/c1-10(2)14(3)9-8-13-11-4-6-12-7-5-11/h4-7,10H,8-9H2,1-3H3,(H,12,13). The summed E-state index contributed by atoms with van der Waals surface area (Å²) in [6, 6.07) is 4.57. The van der Waals surface area contributed by atoms with Gasteiger partial charge in [-0.1, -0.05) is 0 Å². The van der Waals surface area contributed by atoms with Gasteiger partial charge in [0, 0.05) is 37.2 Å². The van der Waals surface area contributed by atoms with E-state index in [1.807, 2.05) is 12.1 Å². The fourth-order valence-electron chi connectivity index (χ4n) is 1.10. The van der Waals surface area contributed by atoms with Gasteiger partial charge in [-0.25, -0.2) is 0 Å². The van der Waals surface area contributed by atoms with Crippen molar-refractivity contribution in [1.29, 1.82) is 0 Å². The second-order valence-corrected chi connectivity index (χ2v) is 3.74. The highest BCUT2D eigenvalue weighted by atomic mass is 15.1. The lowest BCUT2D eigenvalue weighted by atomic mass is 10.3. The van der Waals surface area contributed by atoms with Gasteiger partial charge >= 0.3 is 0 Å². The van der Waals surface area contributed by atoms with Gasteiger partial charge in [0.1, 0.15) is 0 Å². The maximum absolute atomic E-state index is 3.97. The van der Waals surface area contributed by atoms with Crippen LogP contribution in [0.1, 0.15) is 13.8 Å². The molecule has 0 aliphatic heterocycles. The summed E-state index contributed by atoms with van der Waals surface area (Å²) in [5, 5.41) is 3.35. The molecule has 1 aromatic rings. The molecule has 0 saturated carbocycles. The SMILES string of the molecule is CC(C)N(C)CCNc1ccncc1. The van der Waals surface area contributed by atoms with Crippen LogP contribution < -0.4 is 5.32 Å². The number of nitrogens with zero attached hydrogens (tertiary/aromatic N) is 2. The van der Waals surface area contributed by atoms with Gasteiger partial charge in [0.15, 0.2) is 0 Å². The maximum atomic E-state index is 3.97. The van der Waals surface area contributed by atoms with Crippen molar-refractivity contribution in [2.45, 2.75) is 19.9 Å². The van der Waals surface area contributed by atoms with Crippen LogP contribution >= 0.6 is 0 Å². The molecule has 78 valence electrons. The molecule has 0 fully saturated rings. The first-order chi connectivity index (χ1) is 6.70. The lowest BCUT2D eigenvalue weighted by Gasteiger charge is -2.21. The first-order valence-electron chi connectivity index (χ1n) is 5.04. The zero-order chi connectivity index (χ0) is 10.4. The van der Waals surface area contributed by atoms with Gasteiger partial charge in [-0.2, -0.15) is 0 Å². The topological polar surface area (TPSA) is 28.2 Å². The van der Waals surface area contributed by atoms with Crippen LogP contribution in [0.5, 0.6) is 0 Å². The van der Waals surface area contributed by atoms with Crippen molar-refractivity contribution >= 4 is 5.69 Å². The van der Waals surface area contributed by atoms with E-state index in [0.29, 0.717) is 6.04 Å². The Morgan fingerprint density at radius 2 is 2.00 bits per heavy atom. The number of nitrogens with one attached hydrogen (secondary N) is 1. The molecule has 0 unspecified atom stereocenters. The quantitative estimate of drug-likeness (QED) is 0.773. The average Bonchev–Trinajstić information content (AvgIpc) is 2.19. The highest BCUT2D eigenvalue weighted by Crippen LogP contribution is 2.02. The van der Waals surface area contributed by atoms with Gasteiger partial charge in [0.2, 0.25) is 0 Å². The van der Waals surface area contributed by atoms with E-state index in [0.717, 1.165) is 18.8 Å². The largest absolute Gasteiger partial charge is 0.384 e. The van der Waals surface area contributed by atoms with Crippen molar-refractivity contribution in [1.82, 2.24) is 9.88 Å². The number of likely N-dealkylation sites (N-methyl/N-ethyl adjacent to an activating group) is 1.